The van der Waals surface area contributed by atoms with Gasteiger partial charge in [0.25, 0.3) is 0 Å². The second kappa shape index (κ2) is 4.84. The Morgan fingerprint density at radius 1 is 0.545 bits per heavy atom. The van der Waals surface area contributed by atoms with Gasteiger partial charge in [0.05, 0.1) is 0 Å². The third-order valence-corrected chi connectivity index (χ3v) is 5.38. The van der Waals surface area contributed by atoms with Crippen molar-refractivity contribution < 1.29 is 0 Å². The van der Waals surface area contributed by atoms with E-state index < -0.39 is 0 Å². The molecule has 22 heavy (non-hydrogen) atoms. The first kappa shape index (κ1) is 13.3. The fourth-order valence-electron chi connectivity index (χ4n) is 4.09. The van der Waals surface area contributed by atoms with Crippen LogP contribution in [0.3, 0.4) is 0 Å². The van der Waals surface area contributed by atoms with Gasteiger partial charge in [-0.05, 0) is 23.1 Å². The summed E-state index contributed by atoms with van der Waals surface area (Å²) in [6.07, 6.45) is 1.16. The maximum absolute atomic E-state index is 2.41. The quantitative estimate of drug-likeness (QED) is 0.609. The Hall–Kier alpha value is -2.34. The molecule has 0 radical (unpaired) electrons. The largest absolute Gasteiger partial charge is 0.0622 e. The number of rotatable bonds is 3. The van der Waals surface area contributed by atoms with Crippen LogP contribution in [0, 0.1) is 0 Å². The number of benzene rings is 3. The lowest BCUT2D eigenvalue weighted by Crippen LogP contribution is -2.21. The fraction of sp³-hybridized carbons (Fsp3) is 0.182. The highest BCUT2D eigenvalue weighted by Crippen LogP contribution is 2.68. The predicted molar refractivity (Wildman–Crippen MR) is 92.1 cm³/mol. The van der Waals surface area contributed by atoms with Gasteiger partial charge in [0.2, 0.25) is 0 Å². The van der Waals surface area contributed by atoms with Gasteiger partial charge in [-0.25, -0.2) is 0 Å². The van der Waals surface area contributed by atoms with Crippen molar-refractivity contribution in [2.75, 3.05) is 0 Å². The monoisotopic (exact) mass is 284 g/mol. The topological polar surface area (TPSA) is 0 Å². The van der Waals surface area contributed by atoms with Gasteiger partial charge >= 0.3 is 0 Å². The lowest BCUT2D eigenvalue weighted by Gasteiger charge is -2.25. The molecule has 4 rings (SSSR count). The molecule has 0 amide bonds. The Morgan fingerprint density at radius 3 is 1.32 bits per heavy atom. The highest BCUT2D eigenvalue weighted by Gasteiger charge is 2.66. The molecule has 0 bridgehead atoms. The van der Waals surface area contributed by atoms with Crippen LogP contribution in [0.25, 0.3) is 0 Å². The molecule has 1 aliphatic rings. The summed E-state index contributed by atoms with van der Waals surface area (Å²) in [5.74, 6) is 0. The Labute approximate surface area is 132 Å². The highest BCUT2D eigenvalue weighted by atomic mass is 14.7. The molecule has 3 aromatic rings. The first-order chi connectivity index (χ1) is 10.8. The lowest BCUT2D eigenvalue weighted by molar-refractivity contribution is 0.652. The van der Waals surface area contributed by atoms with E-state index in [1.165, 1.54) is 16.7 Å². The average molecular weight is 284 g/mol. The molecule has 0 N–H and O–H groups in total. The summed E-state index contributed by atoms with van der Waals surface area (Å²) in [5, 5.41) is 0. The van der Waals surface area contributed by atoms with Crippen LogP contribution in [0.15, 0.2) is 91.0 Å². The zero-order chi connectivity index (χ0) is 15.0. The van der Waals surface area contributed by atoms with Crippen LogP contribution in [0.4, 0.5) is 0 Å². The summed E-state index contributed by atoms with van der Waals surface area (Å²) < 4.78 is 0. The van der Waals surface area contributed by atoms with Crippen molar-refractivity contribution in [2.24, 2.45) is 0 Å². The summed E-state index contributed by atoms with van der Waals surface area (Å²) in [7, 11) is 0. The first-order valence-electron chi connectivity index (χ1n) is 7.94. The molecule has 1 saturated carbocycles. The van der Waals surface area contributed by atoms with Crippen LogP contribution in [0.2, 0.25) is 0 Å². The van der Waals surface area contributed by atoms with Gasteiger partial charge in [-0.1, -0.05) is 97.9 Å². The van der Waals surface area contributed by atoms with E-state index >= 15 is 0 Å². The van der Waals surface area contributed by atoms with E-state index in [0.717, 1.165) is 6.42 Å². The van der Waals surface area contributed by atoms with Gasteiger partial charge < -0.3 is 0 Å². The van der Waals surface area contributed by atoms with E-state index in [0.29, 0.717) is 0 Å². The zero-order valence-electron chi connectivity index (χ0n) is 12.9. The smallest absolute Gasteiger partial charge is 0.0306 e. The third-order valence-electron chi connectivity index (χ3n) is 5.38. The number of hydrogen-bond donors (Lipinski definition) is 0. The van der Waals surface area contributed by atoms with Crippen molar-refractivity contribution >= 4 is 0 Å². The minimum absolute atomic E-state index is 0.0941. The van der Waals surface area contributed by atoms with Gasteiger partial charge in [0.15, 0.2) is 0 Å². The van der Waals surface area contributed by atoms with Gasteiger partial charge in [-0.15, -0.1) is 0 Å². The average Bonchev–Trinajstić information content (AvgIpc) is 3.26. The Balaban J connectivity index is 1.91. The summed E-state index contributed by atoms with van der Waals surface area (Å²) in [6.45, 7) is 2.41. The standard InChI is InChI=1S/C22H20/c1-21(18-11-5-2-6-12-18)17-22(21,19-13-7-3-8-14-19)20-15-9-4-10-16-20/h2-16H,17H2,1H3/t21-/m1/s1. The molecule has 1 atom stereocenters. The van der Waals surface area contributed by atoms with E-state index in [4.69, 9.17) is 0 Å². The molecule has 0 saturated heterocycles. The van der Waals surface area contributed by atoms with Crippen LogP contribution < -0.4 is 0 Å². The molecule has 0 nitrogen and oxygen atoms in total. The lowest BCUT2D eigenvalue weighted by atomic mass is 9.78. The summed E-state index contributed by atoms with van der Waals surface area (Å²) in [5.41, 5.74) is 4.54. The molecular formula is C22H20. The molecule has 1 aliphatic carbocycles. The normalized spacial score (nSPS) is 22.2. The van der Waals surface area contributed by atoms with Crippen molar-refractivity contribution in [1.82, 2.24) is 0 Å². The highest BCUT2D eigenvalue weighted by molar-refractivity contribution is 5.57. The molecule has 0 aliphatic heterocycles. The number of hydrogen-bond acceptors (Lipinski definition) is 0. The van der Waals surface area contributed by atoms with Crippen LogP contribution >= 0.6 is 0 Å². The molecule has 108 valence electrons. The van der Waals surface area contributed by atoms with E-state index in [1.807, 2.05) is 0 Å². The summed E-state index contributed by atoms with van der Waals surface area (Å²) >= 11 is 0. The van der Waals surface area contributed by atoms with Crippen molar-refractivity contribution in [1.29, 1.82) is 0 Å². The van der Waals surface area contributed by atoms with Crippen molar-refractivity contribution in [3.8, 4) is 0 Å². The Kier molecular flexibility index (Phi) is 2.94. The summed E-state index contributed by atoms with van der Waals surface area (Å²) in [4.78, 5) is 0. The maximum atomic E-state index is 2.41. The van der Waals surface area contributed by atoms with E-state index in [9.17, 15) is 0 Å². The second-order valence-corrected chi connectivity index (χ2v) is 6.51. The van der Waals surface area contributed by atoms with Crippen LogP contribution in [-0.2, 0) is 10.8 Å². The van der Waals surface area contributed by atoms with E-state index in [2.05, 4.69) is 97.9 Å². The maximum Gasteiger partial charge on any atom is 0.0306 e. The minimum Gasteiger partial charge on any atom is -0.0622 e. The van der Waals surface area contributed by atoms with Gasteiger partial charge in [-0.2, -0.15) is 0 Å². The molecule has 1 fully saturated rings. The molecule has 0 heterocycles. The molecule has 0 spiro atoms. The SMILES string of the molecule is C[C@]1(c2ccccc2)CC1(c1ccccc1)c1ccccc1. The van der Waals surface area contributed by atoms with E-state index in [-0.39, 0.29) is 10.8 Å². The predicted octanol–water partition coefficient (Wildman–Crippen LogP) is 5.33. The van der Waals surface area contributed by atoms with Gasteiger partial charge in [0, 0.05) is 10.8 Å². The Bertz CT molecular complexity index is 719. The third kappa shape index (κ3) is 1.77. The van der Waals surface area contributed by atoms with Gasteiger partial charge in [-0.3, -0.25) is 0 Å². The second-order valence-electron chi connectivity index (χ2n) is 6.51. The molecule has 0 heteroatoms. The molecule has 3 aromatic carbocycles. The Morgan fingerprint density at radius 2 is 0.909 bits per heavy atom. The minimum atomic E-state index is 0.0941. The van der Waals surface area contributed by atoms with Gasteiger partial charge in [0.1, 0.15) is 0 Å². The zero-order valence-corrected chi connectivity index (χ0v) is 12.9. The van der Waals surface area contributed by atoms with Crippen molar-refractivity contribution in [2.45, 2.75) is 24.2 Å². The molecule has 0 aromatic heterocycles. The van der Waals surface area contributed by atoms with Crippen LogP contribution in [0.1, 0.15) is 30.0 Å². The summed E-state index contributed by atoms with van der Waals surface area (Å²) in [6, 6.07) is 32.9. The fourth-order valence-corrected chi connectivity index (χ4v) is 4.09. The molecule has 0 unspecified atom stereocenters. The van der Waals surface area contributed by atoms with Crippen molar-refractivity contribution in [3.63, 3.8) is 0 Å². The molecular weight excluding hydrogens is 264 g/mol. The van der Waals surface area contributed by atoms with Crippen molar-refractivity contribution in [3.05, 3.63) is 108 Å². The first-order valence-corrected chi connectivity index (χ1v) is 7.94. The van der Waals surface area contributed by atoms with Crippen LogP contribution in [-0.4, -0.2) is 0 Å². The van der Waals surface area contributed by atoms with E-state index in [1.54, 1.807) is 0 Å². The van der Waals surface area contributed by atoms with Crippen LogP contribution in [0.5, 0.6) is 0 Å².